The molecule has 0 radical (unpaired) electrons. The Morgan fingerprint density at radius 1 is 1.17 bits per heavy atom. The van der Waals surface area contributed by atoms with E-state index in [4.69, 9.17) is 0 Å². The highest BCUT2D eigenvalue weighted by molar-refractivity contribution is 7.93. The zero-order valence-corrected chi connectivity index (χ0v) is 14.9. The topological polar surface area (TPSA) is 59.4 Å². The SMILES string of the molecule is C[C@@H]1Cc2ccccc2N1S(=O)(=O)c1ccc2c(c1)sc(=O)n2C. The van der Waals surface area contributed by atoms with E-state index < -0.39 is 10.0 Å². The van der Waals surface area contributed by atoms with Crippen molar-refractivity contribution < 1.29 is 8.42 Å². The molecule has 1 aliphatic heterocycles. The van der Waals surface area contributed by atoms with E-state index in [1.807, 2.05) is 31.2 Å². The first-order valence-corrected chi connectivity index (χ1v) is 9.87. The molecule has 0 N–H and O–H groups in total. The van der Waals surface area contributed by atoms with Crippen molar-refractivity contribution in [3.8, 4) is 0 Å². The van der Waals surface area contributed by atoms with E-state index in [1.165, 1.54) is 8.87 Å². The minimum Gasteiger partial charge on any atom is -0.302 e. The van der Waals surface area contributed by atoms with Crippen LogP contribution in [0.3, 0.4) is 0 Å². The molecule has 24 heavy (non-hydrogen) atoms. The molecule has 0 bridgehead atoms. The van der Waals surface area contributed by atoms with Gasteiger partial charge in [-0.25, -0.2) is 8.42 Å². The first-order chi connectivity index (χ1) is 11.4. The van der Waals surface area contributed by atoms with Crippen LogP contribution in [0, 0.1) is 0 Å². The highest BCUT2D eigenvalue weighted by Gasteiger charge is 2.35. The molecule has 0 aliphatic carbocycles. The number of thiazole rings is 1. The standard InChI is InChI=1S/C17H16N2O3S2/c1-11-9-12-5-3-4-6-14(12)19(11)24(21,22)13-7-8-15-16(10-13)23-17(20)18(15)2/h3-8,10-11H,9H2,1-2H3/t11-/m1/s1. The van der Waals surface area contributed by atoms with Crippen molar-refractivity contribution in [2.75, 3.05) is 4.31 Å². The summed E-state index contributed by atoms with van der Waals surface area (Å²) in [6.45, 7) is 1.91. The first kappa shape index (κ1) is 15.4. The maximum absolute atomic E-state index is 13.2. The lowest BCUT2D eigenvalue weighted by Crippen LogP contribution is -2.35. The Hall–Kier alpha value is -2.12. The predicted molar refractivity (Wildman–Crippen MR) is 96.3 cm³/mol. The van der Waals surface area contributed by atoms with Gasteiger partial charge in [-0.15, -0.1) is 0 Å². The summed E-state index contributed by atoms with van der Waals surface area (Å²) in [4.78, 5) is 11.9. The third-order valence-corrected chi connectivity index (χ3v) is 7.38. The van der Waals surface area contributed by atoms with E-state index in [0.29, 0.717) is 11.1 Å². The fourth-order valence-corrected chi connectivity index (χ4v) is 6.00. The minimum absolute atomic E-state index is 0.0977. The molecule has 7 heteroatoms. The summed E-state index contributed by atoms with van der Waals surface area (Å²) in [5, 5.41) is 0. The Balaban J connectivity index is 1.88. The average molecular weight is 360 g/mol. The monoisotopic (exact) mass is 360 g/mol. The van der Waals surface area contributed by atoms with Crippen molar-refractivity contribution in [1.82, 2.24) is 4.57 Å². The molecule has 124 valence electrons. The summed E-state index contributed by atoms with van der Waals surface area (Å²) in [5.41, 5.74) is 2.53. The highest BCUT2D eigenvalue weighted by Crippen LogP contribution is 2.37. The number of benzene rings is 2. The molecule has 2 heterocycles. The van der Waals surface area contributed by atoms with Crippen molar-refractivity contribution in [1.29, 1.82) is 0 Å². The van der Waals surface area contributed by atoms with Crippen molar-refractivity contribution in [2.45, 2.75) is 24.3 Å². The second-order valence-electron chi connectivity index (χ2n) is 6.04. The van der Waals surface area contributed by atoms with Crippen LogP contribution in [0.5, 0.6) is 0 Å². The van der Waals surface area contributed by atoms with Gasteiger partial charge in [0, 0.05) is 13.1 Å². The van der Waals surface area contributed by atoms with Crippen LogP contribution < -0.4 is 9.18 Å². The van der Waals surface area contributed by atoms with E-state index in [1.54, 1.807) is 25.2 Å². The van der Waals surface area contributed by atoms with Crippen LogP contribution in [0.2, 0.25) is 0 Å². The number of aromatic nitrogens is 1. The zero-order chi connectivity index (χ0) is 17.1. The molecule has 1 aromatic heterocycles. The smallest absolute Gasteiger partial charge is 0.302 e. The predicted octanol–water partition coefficient (Wildman–Crippen LogP) is 2.74. The summed E-state index contributed by atoms with van der Waals surface area (Å²) in [7, 11) is -1.98. The number of para-hydroxylation sites is 1. The molecule has 4 rings (SSSR count). The van der Waals surface area contributed by atoms with Crippen molar-refractivity contribution in [2.24, 2.45) is 7.05 Å². The van der Waals surface area contributed by atoms with Gasteiger partial charge in [-0.1, -0.05) is 29.5 Å². The number of sulfonamides is 1. The summed E-state index contributed by atoms with van der Waals surface area (Å²) < 4.78 is 30.1. The molecular weight excluding hydrogens is 344 g/mol. The summed E-state index contributed by atoms with van der Waals surface area (Å²) in [5.74, 6) is 0. The fraction of sp³-hybridized carbons (Fsp3) is 0.235. The molecule has 0 spiro atoms. The van der Waals surface area contributed by atoms with Gasteiger partial charge < -0.3 is 4.57 Å². The van der Waals surface area contributed by atoms with Gasteiger partial charge in [0.25, 0.3) is 10.0 Å². The molecule has 0 unspecified atom stereocenters. The molecule has 0 fully saturated rings. The number of hydrogen-bond acceptors (Lipinski definition) is 4. The molecule has 3 aromatic rings. The lowest BCUT2D eigenvalue weighted by atomic mass is 10.1. The van der Waals surface area contributed by atoms with Crippen LogP contribution in [-0.2, 0) is 23.5 Å². The number of rotatable bonds is 2. The number of nitrogens with zero attached hydrogens (tertiary/aromatic N) is 2. The molecule has 1 aliphatic rings. The van der Waals surface area contributed by atoms with Crippen LogP contribution in [0.15, 0.2) is 52.2 Å². The molecule has 5 nitrogen and oxygen atoms in total. The second kappa shape index (κ2) is 5.19. The Bertz CT molecular complexity index is 1110. The van der Waals surface area contributed by atoms with Gasteiger partial charge in [0.05, 0.1) is 20.8 Å². The van der Waals surface area contributed by atoms with E-state index in [-0.39, 0.29) is 15.8 Å². The minimum atomic E-state index is -3.67. The normalized spacial score (nSPS) is 17.4. The first-order valence-electron chi connectivity index (χ1n) is 7.61. The van der Waals surface area contributed by atoms with Crippen LogP contribution in [-0.4, -0.2) is 19.0 Å². The van der Waals surface area contributed by atoms with Crippen molar-refractivity contribution in [3.63, 3.8) is 0 Å². The third kappa shape index (κ3) is 2.12. The molecular formula is C17H16N2O3S2. The fourth-order valence-electron chi connectivity index (χ4n) is 3.29. The number of hydrogen-bond donors (Lipinski definition) is 0. The maximum atomic E-state index is 13.2. The van der Waals surface area contributed by atoms with Crippen LogP contribution in [0.4, 0.5) is 5.69 Å². The number of anilines is 1. The third-order valence-electron chi connectivity index (χ3n) is 4.47. The van der Waals surface area contributed by atoms with E-state index in [9.17, 15) is 13.2 Å². The Kier molecular flexibility index (Phi) is 3.33. The van der Waals surface area contributed by atoms with Gasteiger partial charge in [-0.05, 0) is 43.2 Å². The van der Waals surface area contributed by atoms with Crippen molar-refractivity contribution in [3.05, 3.63) is 57.7 Å². The van der Waals surface area contributed by atoms with E-state index >= 15 is 0 Å². The number of fused-ring (bicyclic) bond motifs is 2. The molecule has 0 saturated heterocycles. The lowest BCUT2D eigenvalue weighted by molar-refractivity contribution is 0.584. The second-order valence-corrected chi connectivity index (χ2v) is 8.85. The van der Waals surface area contributed by atoms with Gasteiger partial charge >= 0.3 is 4.87 Å². The Morgan fingerprint density at radius 3 is 2.71 bits per heavy atom. The molecule has 0 saturated carbocycles. The maximum Gasteiger partial charge on any atom is 0.307 e. The Labute approximate surface area is 143 Å². The summed E-state index contributed by atoms with van der Waals surface area (Å²) >= 11 is 1.06. The number of aryl methyl sites for hydroxylation is 1. The Morgan fingerprint density at radius 2 is 1.92 bits per heavy atom. The van der Waals surface area contributed by atoms with Crippen LogP contribution >= 0.6 is 11.3 Å². The van der Waals surface area contributed by atoms with Gasteiger partial charge in [0.2, 0.25) is 0 Å². The van der Waals surface area contributed by atoms with Gasteiger partial charge in [0.15, 0.2) is 0 Å². The lowest BCUT2D eigenvalue weighted by Gasteiger charge is -2.24. The zero-order valence-electron chi connectivity index (χ0n) is 13.3. The van der Waals surface area contributed by atoms with E-state index in [0.717, 1.165) is 28.1 Å². The molecule has 1 atom stereocenters. The van der Waals surface area contributed by atoms with Crippen LogP contribution in [0.25, 0.3) is 10.2 Å². The van der Waals surface area contributed by atoms with Gasteiger partial charge in [0.1, 0.15) is 0 Å². The largest absolute Gasteiger partial charge is 0.307 e. The highest BCUT2D eigenvalue weighted by atomic mass is 32.2. The molecule has 0 amide bonds. The van der Waals surface area contributed by atoms with E-state index in [2.05, 4.69) is 0 Å². The van der Waals surface area contributed by atoms with Gasteiger partial charge in [-0.3, -0.25) is 9.10 Å². The average Bonchev–Trinajstić information content (AvgIpc) is 3.03. The summed E-state index contributed by atoms with van der Waals surface area (Å²) in [6.07, 6.45) is 0.705. The van der Waals surface area contributed by atoms with Gasteiger partial charge in [-0.2, -0.15) is 0 Å². The summed E-state index contributed by atoms with van der Waals surface area (Å²) in [6, 6.07) is 12.3. The quantitative estimate of drug-likeness (QED) is 0.706. The molecule has 2 aromatic carbocycles. The van der Waals surface area contributed by atoms with Crippen LogP contribution in [0.1, 0.15) is 12.5 Å². The van der Waals surface area contributed by atoms with Crippen molar-refractivity contribution >= 4 is 37.3 Å².